The van der Waals surface area contributed by atoms with Crippen molar-refractivity contribution in [3.63, 3.8) is 0 Å². The van der Waals surface area contributed by atoms with Crippen molar-refractivity contribution in [2.45, 2.75) is 5.88 Å². The van der Waals surface area contributed by atoms with Gasteiger partial charge in [-0.15, -0.1) is 11.6 Å². The van der Waals surface area contributed by atoms with Crippen LogP contribution in [0.2, 0.25) is 0 Å². The fraction of sp³-hybridized carbons (Fsp3) is 0.133. The van der Waals surface area contributed by atoms with Gasteiger partial charge >= 0.3 is 0 Å². The molecule has 0 amide bonds. The summed E-state index contributed by atoms with van der Waals surface area (Å²) in [6.45, 7) is 0. The smallest absolute Gasteiger partial charge is 0.185 e. The quantitative estimate of drug-likeness (QED) is 0.683. The van der Waals surface area contributed by atoms with Gasteiger partial charge in [0.15, 0.2) is 11.6 Å². The van der Waals surface area contributed by atoms with E-state index in [1.165, 1.54) is 17.7 Å². The number of methoxy groups -OCH3 is 1. The Kier molecular flexibility index (Phi) is 3.51. The van der Waals surface area contributed by atoms with Gasteiger partial charge in [0, 0.05) is 0 Å². The predicted octanol–water partition coefficient (Wildman–Crippen LogP) is 4.05. The Balaban J connectivity index is 2.42. The summed E-state index contributed by atoms with van der Waals surface area (Å²) in [5, 5.41) is 0. The standard InChI is InChI=1S/C15H11ClF2N2O/c1-21-12-5-3-2-4-11(12)20-13(8-16)19-10-7-6-9(17)14(18)15(10)20/h2-7H,8H2,1H3. The van der Waals surface area contributed by atoms with Crippen LogP contribution in [-0.4, -0.2) is 16.7 Å². The maximum atomic E-state index is 14.2. The van der Waals surface area contributed by atoms with E-state index in [0.29, 0.717) is 22.8 Å². The van der Waals surface area contributed by atoms with Crippen LogP contribution in [0.1, 0.15) is 5.82 Å². The molecule has 0 unspecified atom stereocenters. The molecule has 0 saturated carbocycles. The van der Waals surface area contributed by atoms with Gasteiger partial charge < -0.3 is 4.74 Å². The fourth-order valence-electron chi connectivity index (χ4n) is 2.31. The minimum atomic E-state index is -0.956. The zero-order valence-electron chi connectivity index (χ0n) is 11.1. The van der Waals surface area contributed by atoms with E-state index in [0.717, 1.165) is 6.07 Å². The third-order valence-corrected chi connectivity index (χ3v) is 3.46. The number of nitrogens with zero attached hydrogens (tertiary/aromatic N) is 2. The first kappa shape index (κ1) is 13.8. The Morgan fingerprint density at radius 3 is 2.67 bits per heavy atom. The largest absolute Gasteiger partial charge is 0.495 e. The average Bonchev–Trinajstić information content (AvgIpc) is 2.90. The van der Waals surface area contributed by atoms with Crippen molar-refractivity contribution in [2.75, 3.05) is 7.11 Å². The van der Waals surface area contributed by atoms with Gasteiger partial charge in [-0.05, 0) is 24.3 Å². The highest BCUT2D eigenvalue weighted by Crippen LogP contribution is 2.31. The molecule has 0 aliphatic heterocycles. The number of ether oxygens (including phenoxy) is 1. The molecule has 0 radical (unpaired) electrons. The Bertz CT molecular complexity index is 817. The molecule has 21 heavy (non-hydrogen) atoms. The van der Waals surface area contributed by atoms with E-state index in [-0.39, 0.29) is 11.4 Å². The van der Waals surface area contributed by atoms with Crippen LogP contribution in [0.15, 0.2) is 36.4 Å². The maximum absolute atomic E-state index is 14.2. The summed E-state index contributed by atoms with van der Waals surface area (Å²) in [5.74, 6) is -0.886. The van der Waals surface area contributed by atoms with Crippen molar-refractivity contribution < 1.29 is 13.5 Å². The number of fused-ring (bicyclic) bond motifs is 1. The van der Waals surface area contributed by atoms with Crippen molar-refractivity contribution >= 4 is 22.6 Å². The number of rotatable bonds is 3. The van der Waals surface area contributed by atoms with Crippen molar-refractivity contribution in [1.82, 2.24) is 9.55 Å². The number of para-hydroxylation sites is 2. The summed E-state index contributed by atoms with van der Waals surface area (Å²) in [6.07, 6.45) is 0. The molecule has 3 aromatic rings. The molecule has 0 saturated heterocycles. The predicted molar refractivity (Wildman–Crippen MR) is 77.1 cm³/mol. The van der Waals surface area contributed by atoms with Crippen LogP contribution in [0.25, 0.3) is 16.7 Å². The first-order valence-electron chi connectivity index (χ1n) is 6.22. The van der Waals surface area contributed by atoms with Crippen LogP contribution in [0.4, 0.5) is 8.78 Å². The maximum Gasteiger partial charge on any atom is 0.185 e. The number of halogens is 3. The van der Waals surface area contributed by atoms with Gasteiger partial charge in [-0.2, -0.15) is 0 Å². The summed E-state index contributed by atoms with van der Waals surface area (Å²) in [5.41, 5.74) is 0.952. The summed E-state index contributed by atoms with van der Waals surface area (Å²) in [6, 6.07) is 9.51. The number of aromatic nitrogens is 2. The van der Waals surface area contributed by atoms with E-state index in [1.54, 1.807) is 24.3 Å². The van der Waals surface area contributed by atoms with Crippen LogP contribution in [0.3, 0.4) is 0 Å². The zero-order valence-corrected chi connectivity index (χ0v) is 11.9. The summed E-state index contributed by atoms with van der Waals surface area (Å²) < 4.78 is 34.5. The first-order chi connectivity index (χ1) is 10.2. The molecule has 2 aromatic carbocycles. The molecular formula is C15H11ClF2N2O. The topological polar surface area (TPSA) is 27.1 Å². The van der Waals surface area contributed by atoms with Gasteiger partial charge in [-0.1, -0.05) is 12.1 Å². The SMILES string of the molecule is COc1ccccc1-n1c(CCl)nc2ccc(F)c(F)c21. The van der Waals surface area contributed by atoms with E-state index >= 15 is 0 Å². The van der Waals surface area contributed by atoms with Gasteiger partial charge in [0.2, 0.25) is 0 Å². The molecule has 6 heteroatoms. The third kappa shape index (κ3) is 2.14. The van der Waals surface area contributed by atoms with Crippen molar-refractivity contribution in [1.29, 1.82) is 0 Å². The lowest BCUT2D eigenvalue weighted by Gasteiger charge is -2.12. The fourth-order valence-corrected chi connectivity index (χ4v) is 2.49. The Labute approximate surface area is 124 Å². The van der Waals surface area contributed by atoms with Crippen LogP contribution in [0.5, 0.6) is 5.75 Å². The third-order valence-electron chi connectivity index (χ3n) is 3.22. The number of alkyl halides is 1. The van der Waals surface area contributed by atoms with E-state index in [4.69, 9.17) is 16.3 Å². The number of hydrogen-bond acceptors (Lipinski definition) is 2. The van der Waals surface area contributed by atoms with Crippen molar-refractivity contribution in [2.24, 2.45) is 0 Å². The Morgan fingerprint density at radius 2 is 1.95 bits per heavy atom. The lowest BCUT2D eigenvalue weighted by atomic mass is 10.2. The van der Waals surface area contributed by atoms with Gasteiger partial charge in [0.1, 0.15) is 17.1 Å². The molecule has 3 nitrogen and oxygen atoms in total. The van der Waals surface area contributed by atoms with Crippen molar-refractivity contribution in [3.8, 4) is 11.4 Å². The second-order valence-electron chi connectivity index (χ2n) is 4.40. The molecule has 0 N–H and O–H groups in total. The van der Waals surface area contributed by atoms with E-state index in [2.05, 4.69) is 4.98 Å². The average molecular weight is 309 g/mol. The Morgan fingerprint density at radius 1 is 1.19 bits per heavy atom. The Hall–Kier alpha value is -2.14. The molecule has 0 fully saturated rings. The minimum absolute atomic E-state index is 0.0511. The van der Waals surface area contributed by atoms with Gasteiger partial charge in [-0.25, -0.2) is 13.8 Å². The molecule has 0 aliphatic carbocycles. The minimum Gasteiger partial charge on any atom is -0.495 e. The van der Waals surface area contributed by atoms with Gasteiger partial charge in [0.05, 0.1) is 24.2 Å². The van der Waals surface area contributed by atoms with Crippen LogP contribution in [0, 0.1) is 11.6 Å². The molecule has 0 spiro atoms. The summed E-state index contributed by atoms with van der Waals surface area (Å²) >= 11 is 5.90. The van der Waals surface area contributed by atoms with E-state index < -0.39 is 11.6 Å². The lowest BCUT2D eigenvalue weighted by molar-refractivity contribution is 0.412. The molecule has 0 atom stereocenters. The van der Waals surface area contributed by atoms with E-state index in [1.807, 2.05) is 0 Å². The molecule has 1 aromatic heterocycles. The van der Waals surface area contributed by atoms with Crippen LogP contribution < -0.4 is 4.74 Å². The highest BCUT2D eigenvalue weighted by atomic mass is 35.5. The number of hydrogen-bond donors (Lipinski definition) is 0. The molecule has 0 bridgehead atoms. The molecular weight excluding hydrogens is 298 g/mol. The molecule has 108 valence electrons. The molecule has 3 rings (SSSR count). The zero-order chi connectivity index (χ0) is 15.0. The van der Waals surface area contributed by atoms with Crippen LogP contribution >= 0.6 is 11.6 Å². The highest BCUT2D eigenvalue weighted by Gasteiger charge is 2.20. The van der Waals surface area contributed by atoms with E-state index in [9.17, 15) is 8.78 Å². The second-order valence-corrected chi connectivity index (χ2v) is 4.67. The van der Waals surface area contributed by atoms with Crippen LogP contribution in [-0.2, 0) is 5.88 Å². The van der Waals surface area contributed by atoms with Gasteiger partial charge in [0.25, 0.3) is 0 Å². The summed E-state index contributed by atoms with van der Waals surface area (Å²) in [7, 11) is 1.51. The number of benzene rings is 2. The molecule has 1 heterocycles. The van der Waals surface area contributed by atoms with Gasteiger partial charge in [-0.3, -0.25) is 4.57 Å². The highest BCUT2D eigenvalue weighted by molar-refractivity contribution is 6.17. The first-order valence-corrected chi connectivity index (χ1v) is 6.75. The number of imidazole rings is 1. The van der Waals surface area contributed by atoms with Crippen molar-refractivity contribution in [3.05, 3.63) is 53.9 Å². The molecule has 0 aliphatic rings. The monoisotopic (exact) mass is 308 g/mol. The second kappa shape index (κ2) is 5.33. The normalized spacial score (nSPS) is 11.0. The summed E-state index contributed by atoms with van der Waals surface area (Å²) in [4.78, 5) is 4.25. The lowest BCUT2D eigenvalue weighted by Crippen LogP contribution is -2.03.